The maximum absolute atomic E-state index is 14.3. The van der Waals surface area contributed by atoms with Crippen molar-refractivity contribution >= 4 is 23.4 Å². The van der Waals surface area contributed by atoms with Crippen molar-refractivity contribution in [2.75, 3.05) is 13.1 Å². The zero-order chi connectivity index (χ0) is 30.3. The number of carbonyl (C=O) groups excluding carboxylic acids is 2. The second-order valence-electron chi connectivity index (χ2n) is 12.4. The van der Waals surface area contributed by atoms with Gasteiger partial charge in [0.1, 0.15) is 11.6 Å². The summed E-state index contributed by atoms with van der Waals surface area (Å²) in [6, 6.07) is 11.8. The Bertz CT molecular complexity index is 1480. The minimum atomic E-state index is -0.883. The molecule has 1 saturated carbocycles. The molecular formula is C31H35ClF2N4O4. The molecule has 8 nitrogen and oxygen atoms in total. The minimum absolute atomic E-state index is 0.0149. The van der Waals surface area contributed by atoms with Crippen LogP contribution in [-0.4, -0.2) is 57.2 Å². The van der Waals surface area contributed by atoms with Gasteiger partial charge in [-0.25, -0.2) is 8.78 Å². The molecule has 42 heavy (non-hydrogen) atoms. The molecule has 2 fully saturated rings. The normalized spacial score (nSPS) is 22.3. The molecule has 2 heterocycles. The number of benzene rings is 2. The van der Waals surface area contributed by atoms with Crippen molar-refractivity contribution in [3.8, 4) is 11.3 Å². The van der Waals surface area contributed by atoms with E-state index in [0.717, 1.165) is 30.5 Å². The highest BCUT2D eigenvalue weighted by Gasteiger charge is 2.49. The number of hydrogen-bond donors (Lipinski definition) is 3. The molecule has 5 rings (SSSR count). The minimum Gasteiger partial charge on any atom is -0.390 e. The summed E-state index contributed by atoms with van der Waals surface area (Å²) >= 11 is 6.17. The Balaban J connectivity index is 1.31. The Morgan fingerprint density at radius 3 is 2.52 bits per heavy atom. The van der Waals surface area contributed by atoms with Crippen molar-refractivity contribution < 1.29 is 28.0 Å². The van der Waals surface area contributed by atoms with Crippen LogP contribution in [0, 0.1) is 11.6 Å². The van der Waals surface area contributed by atoms with Crippen molar-refractivity contribution in [1.29, 1.82) is 0 Å². The van der Waals surface area contributed by atoms with Crippen molar-refractivity contribution in [3.63, 3.8) is 0 Å². The molecule has 0 radical (unpaired) electrons. The number of likely N-dealkylation sites (tertiary alicyclic amines) is 1. The van der Waals surface area contributed by atoms with E-state index in [9.17, 15) is 23.5 Å². The van der Waals surface area contributed by atoms with E-state index >= 15 is 0 Å². The lowest BCUT2D eigenvalue weighted by Crippen LogP contribution is -2.73. The molecule has 0 atom stereocenters. The van der Waals surface area contributed by atoms with Crippen LogP contribution in [-0.2, 0) is 10.3 Å². The third-order valence-electron chi connectivity index (χ3n) is 8.38. The predicted octanol–water partition coefficient (Wildman–Crippen LogP) is 5.19. The first kappa shape index (κ1) is 30.1. The van der Waals surface area contributed by atoms with E-state index in [1.807, 2.05) is 32.9 Å². The number of halogens is 3. The van der Waals surface area contributed by atoms with E-state index in [1.54, 1.807) is 12.1 Å². The van der Waals surface area contributed by atoms with Gasteiger partial charge in [-0.05, 0) is 76.3 Å². The predicted molar refractivity (Wildman–Crippen MR) is 154 cm³/mol. The van der Waals surface area contributed by atoms with Gasteiger partial charge in [-0.15, -0.1) is 0 Å². The quantitative estimate of drug-likeness (QED) is 0.328. The van der Waals surface area contributed by atoms with Crippen LogP contribution in [0.25, 0.3) is 11.3 Å². The lowest BCUT2D eigenvalue weighted by atomic mass is 9.78. The first-order valence-corrected chi connectivity index (χ1v) is 14.4. The summed E-state index contributed by atoms with van der Waals surface area (Å²) in [5.41, 5.74) is -1.54. The molecule has 224 valence electrons. The average Bonchev–Trinajstić information content (AvgIpc) is 3.37. The summed E-state index contributed by atoms with van der Waals surface area (Å²) in [4.78, 5) is 29.0. The number of rotatable bonds is 8. The lowest BCUT2D eigenvalue weighted by Gasteiger charge is -2.54. The molecule has 1 saturated heterocycles. The molecule has 1 aliphatic heterocycles. The van der Waals surface area contributed by atoms with E-state index in [0.29, 0.717) is 31.0 Å². The Kier molecular flexibility index (Phi) is 8.17. The molecule has 2 amide bonds. The molecule has 2 aromatic carbocycles. The standard InChI is InChI=1S/C31H35ClF2N4O4/c1-29(2,19-5-4-6-20(32)13-19)35-27(39)16-31(17-38(18-31)22-9-11-30(3,41)12-10-22)36-28(40)25-15-26(42-37-25)23-8-7-21(33)14-24(23)34/h4-8,13-15,22,41H,9-12,16-18H2,1-3H3,(H,35,39)(H,36,40). The van der Waals surface area contributed by atoms with Gasteiger partial charge in [0.25, 0.3) is 5.91 Å². The van der Waals surface area contributed by atoms with Crippen LogP contribution in [0.2, 0.25) is 5.02 Å². The van der Waals surface area contributed by atoms with E-state index in [2.05, 4.69) is 20.7 Å². The van der Waals surface area contributed by atoms with Crippen LogP contribution >= 0.6 is 11.6 Å². The second-order valence-corrected chi connectivity index (χ2v) is 12.9. The second kappa shape index (κ2) is 11.4. The van der Waals surface area contributed by atoms with E-state index < -0.39 is 34.2 Å². The fraction of sp³-hybridized carbons (Fsp3) is 0.452. The first-order valence-electron chi connectivity index (χ1n) is 14.0. The Morgan fingerprint density at radius 1 is 1.14 bits per heavy atom. The maximum Gasteiger partial charge on any atom is 0.274 e. The highest BCUT2D eigenvalue weighted by atomic mass is 35.5. The summed E-state index contributed by atoms with van der Waals surface area (Å²) < 4.78 is 32.8. The van der Waals surface area contributed by atoms with Gasteiger partial charge in [0, 0.05) is 36.3 Å². The molecule has 2 aliphatic rings. The number of amides is 2. The molecule has 11 heteroatoms. The van der Waals surface area contributed by atoms with Crippen LogP contribution in [0.1, 0.15) is 68.9 Å². The fourth-order valence-electron chi connectivity index (χ4n) is 5.97. The van der Waals surface area contributed by atoms with Gasteiger partial charge in [-0.3, -0.25) is 14.5 Å². The Labute approximate surface area is 248 Å². The van der Waals surface area contributed by atoms with E-state index in [4.69, 9.17) is 16.1 Å². The highest BCUT2D eigenvalue weighted by molar-refractivity contribution is 6.30. The Hall–Kier alpha value is -3.34. The van der Waals surface area contributed by atoms with Gasteiger partial charge in [0.2, 0.25) is 5.91 Å². The number of hydrogen-bond acceptors (Lipinski definition) is 6. The van der Waals surface area contributed by atoms with E-state index in [1.165, 1.54) is 12.1 Å². The summed E-state index contributed by atoms with van der Waals surface area (Å²) in [6.45, 7) is 6.49. The highest BCUT2D eigenvalue weighted by Crippen LogP contribution is 2.36. The molecule has 0 unspecified atom stereocenters. The average molecular weight is 601 g/mol. The van der Waals surface area contributed by atoms with Gasteiger partial charge >= 0.3 is 0 Å². The zero-order valence-electron chi connectivity index (χ0n) is 23.8. The van der Waals surface area contributed by atoms with Gasteiger partial charge in [0.05, 0.1) is 28.7 Å². The SMILES string of the molecule is CC1(O)CCC(N2CC(CC(=O)NC(C)(C)c3cccc(Cl)c3)(NC(=O)c3cc(-c4ccc(F)cc4F)on3)C2)CC1. The van der Waals surface area contributed by atoms with Crippen molar-refractivity contribution in [3.05, 3.63) is 76.4 Å². The van der Waals surface area contributed by atoms with Gasteiger partial charge in [-0.2, -0.15) is 0 Å². The number of nitrogens with zero attached hydrogens (tertiary/aromatic N) is 2. The smallest absolute Gasteiger partial charge is 0.274 e. The topological polar surface area (TPSA) is 108 Å². The summed E-state index contributed by atoms with van der Waals surface area (Å²) in [6.07, 6.45) is 3.02. The molecule has 1 aromatic heterocycles. The molecule has 1 aliphatic carbocycles. The molecule has 0 spiro atoms. The third-order valence-corrected chi connectivity index (χ3v) is 8.61. The lowest BCUT2D eigenvalue weighted by molar-refractivity contribution is -0.127. The number of carbonyl (C=O) groups is 2. The van der Waals surface area contributed by atoms with Crippen LogP contribution in [0.3, 0.4) is 0 Å². The van der Waals surface area contributed by atoms with Crippen LogP contribution in [0.5, 0.6) is 0 Å². The molecule has 3 aromatic rings. The first-order chi connectivity index (χ1) is 19.7. The zero-order valence-corrected chi connectivity index (χ0v) is 24.6. The van der Waals surface area contributed by atoms with Crippen molar-refractivity contribution in [2.45, 2.75) is 75.6 Å². The van der Waals surface area contributed by atoms with Gasteiger partial charge < -0.3 is 20.3 Å². The van der Waals surface area contributed by atoms with Gasteiger partial charge in [-0.1, -0.05) is 28.9 Å². The summed E-state index contributed by atoms with van der Waals surface area (Å²) in [5, 5.41) is 20.8. The third kappa shape index (κ3) is 6.66. The van der Waals surface area contributed by atoms with Crippen molar-refractivity contribution in [1.82, 2.24) is 20.7 Å². The number of aromatic nitrogens is 1. The molecule has 0 bridgehead atoms. The molecule has 3 N–H and O–H groups in total. The number of nitrogens with one attached hydrogen (secondary N) is 2. The summed E-state index contributed by atoms with van der Waals surface area (Å²) in [7, 11) is 0. The maximum atomic E-state index is 14.3. The van der Waals surface area contributed by atoms with E-state index in [-0.39, 0.29) is 35.4 Å². The number of aliphatic hydroxyl groups is 1. The van der Waals surface area contributed by atoms with Crippen molar-refractivity contribution in [2.24, 2.45) is 0 Å². The van der Waals surface area contributed by atoms with Gasteiger partial charge in [0.15, 0.2) is 11.5 Å². The summed E-state index contributed by atoms with van der Waals surface area (Å²) in [5.74, 6) is -2.41. The monoisotopic (exact) mass is 600 g/mol. The molecular weight excluding hydrogens is 566 g/mol. The largest absolute Gasteiger partial charge is 0.390 e. The Morgan fingerprint density at radius 2 is 1.86 bits per heavy atom. The van der Waals surface area contributed by atoms with Crippen LogP contribution < -0.4 is 10.6 Å². The van der Waals surface area contributed by atoms with Crippen LogP contribution in [0.4, 0.5) is 8.78 Å². The fourth-order valence-corrected chi connectivity index (χ4v) is 6.16. The van der Waals surface area contributed by atoms with Crippen LogP contribution in [0.15, 0.2) is 53.1 Å².